The van der Waals surface area contributed by atoms with E-state index in [0.717, 1.165) is 12.8 Å². The summed E-state index contributed by atoms with van der Waals surface area (Å²) in [5, 5.41) is 0. The first-order chi connectivity index (χ1) is 20.4. The highest BCUT2D eigenvalue weighted by Crippen LogP contribution is 2.11. The molecule has 0 N–H and O–H groups in total. The van der Waals surface area contributed by atoms with Crippen LogP contribution in [0, 0.1) is 0 Å². The van der Waals surface area contributed by atoms with E-state index in [-0.39, 0.29) is 0 Å². The Balaban J connectivity index is 3.17. The van der Waals surface area contributed by atoms with Gasteiger partial charge in [0.25, 0.3) is 0 Å². The first-order valence-electron chi connectivity index (χ1n) is 17.7. The van der Waals surface area contributed by atoms with Gasteiger partial charge in [-0.05, 0) is 77.0 Å². The van der Waals surface area contributed by atoms with Gasteiger partial charge in [-0.1, -0.05) is 140 Å². The molecule has 3 heteroatoms. The molecule has 3 nitrogen and oxygen atoms in total. The quantitative estimate of drug-likeness (QED) is 0.0434. The van der Waals surface area contributed by atoms with Crippen LogP contribution in [0.5, 0.6) is 0 Å². The molecule has 0 fully saturated rings. The summed E-state index contributed by atoms with van der Waals surface area (Å²) < 4.78 is 16.4. The minimum Gasteiger partial charge on any atom is -0.355 e. The number of hydrogen-bond donors (Lipinski definition) is 0. The minimum absolute atomic E-state index is 0.313. The molecule has 0 saturated heterocycles. The van der Waals surface area contributed by atoms with Crippen LogP contribution >= 0.6 is 0 Å². The van der Waals surface area contributed by atoms with E-state index in [2.05, 4.69) is 62.5 Å². The predicted molar refractivity (Wildman–Crippen MR) is 181 cm³/mol. The van der Waals surface area contributed by atoms with Crippen molar-refractivity contribution < 1.29 is 14.2 Å². The third-order valence-electron chi connectivity index (χ3n) is 7.29. The first-order valence-corrected chi connectivity index (χ1v) is 17.7. The van der Waals surface area contributed by atoms with E-state index in [0.29, 0.717) is 26.8 Å². The lowest BCUT2D eigenvalue weighted by molar-refractivity contribution is -0.129. The van der Waals surface area contributed by atoms with Crippen LogP contribution in [-0.4, -0.2) is 26.8 Å². The van der Waals surface area contributed by atoms with Gasteiger partial charge in [0, 0.05) is 0 Å². The van der Waals surface area contributed by atoms with Crippen LogP contribution in [0.2, 0.25) is 0 Å². The van der Waals surface area contributed by atoms with Crippen LogP contribution in [0.15, 0.2) is 48.6 Å². The molecule has 41 heavy (non-hydrogen) atoms. The standard InChI is InChI=1S/C38H70O3/c1-3-5-7-9-11-13-15-17-19-21-23-25-27-29-31-33-35-39-37-41-38-40-36-34-32-30-28-26-24-22-20-18-16-14-12-10-8-6-4-2/h9-12,29-32H,3-8,13-28,33-38H2,1-2H3/b11-9+,12-10+,31-29-,32-30-. The van der Waals surface area contributed by atoms with E-state index >= 15 is 0 Å². The maximum atomic E-state index is 5.51. The molecule has 0 spiro atoms. The van der Waals surface area contributed by atoms with Gasteiger partial charge >= 0.3 is 0 Å². The topological polar surface area (TPSA) is 27.7 Å². The monoisotopic (exact) mass is 575 g/mol. The summed E-state index contributed by atoms with van der Waals surface area (Å²) in [5.41, 5.74) is 0. The number of unbranched alkanes of at least 4 members (excludes halogenated alkanes) is 18. The average Bonchev–Trinajstić information content (AvgIpc) is 2.98. The number of rotatable bonds is 34. The fourth-order valence-corrected chi connectivity index (χ4v) is 4.62. The normalized spacial score (nSPS) is 12.3. The molecule has 0 aromatic carbocycles. The maximum absolute atomic E-state index is 5.51. The van der Waals surface area contributed by atoms with Crippen molar-refractivity contribution in [2.75, 3.05) is 26.8 Å². The molecule has 0 rings (SSSR count). The van der Waals surface area contributed by atoms with E-state index < -0.39 is 0 Å². The van der Waals surface area contributed by atoms with Crippen molar-refractivity contribution in [1.82, 2.24) is 0 Å². The van der Waals surface area contributed by atoms with Crippen LogP contribution < -0.4 is 0 Å². The van der Waals surface area contributed by atoms with Crippen molar-refractivity contribution in [1.29, 1.82) is 0 Å². The van der Waals surface area contributed by atoms with Crippen LogP contribution in [0.3, 0.4) is 0 Å². The van der Waals surface area contributed by atoms with Crippen molar-refractivity contribution in [2.45, 2.75) is 168 Å². The van der Waals surface area contributed by atoms with Crippen molar-refractivity contribution in [2.24, 2.45) is 0 Å². The van der Waals surface area contributed by atoms with Gasteiger partial charge in [0.15, 0.2) is 0 Å². The zero-order valence-corrected chi connectivity index (χ0v) is 27.6. The van der Waals surface area contributed by atoms with Crippen molar-refractivity contribution in [3.05, 3.63) is 48.6 Å². The van der Waals surface area contributed by atoms with E-state index in [1.54, 1.807) is 0 Å². The summed E-state index contributed by atoms with van der Waals surface area (Å²) in [4.78, 5) is 0. The predicted octanol–water partition coefficient (Wildman–Crippen LogP) is 12.6. The summed E-state index contributed by atoms with van der Waals surface area (Å²) in [5.74, 6) is 0. The van der Waals surface area contributed by atoms with Crippen LogP contribution in [-0.2, 0) is 14.2 Å². The van der Waals surface area contributed by atoms with Crippen LogP contribution in [0.25, 0.3) is 0 Å². The highest BCUT2D eigenvalue weighted by molar-refractivity contribution is 4.83. The lowest BCUT2D eigenvalue weighted by Crippen LogP contribution is -2.05. The molecule has 0 atom stereocenters. The third-order valence-corrected chi connectivity index (χ3v) is 7.29. The van der Waals surface area contributed by atoms with Crippen molar-refractivity contribution in [3.63, 3.8) is 0 Å². The molecular formula is C38H70O3. The Morgan fingerprint density at radius 2 is 0.561 bits per heavy atom. The first kappa shape index (κ1) is 39.8. The average molecular weight is 575 g/mol. The molecule has 0 aromatic rings. The summed E-state index contributed by atoms with van der Waals surface area (Å²) >= 11 is 0. The summed E-state index contributed by atoms with van der Waals surface area (Å²) in [6, 6.07) is 0. The fourth-order valence-electron chi connectivity index (χ4n) is 4.62. The summed E-state index contributed by atoms with van der Waals surface area (Å²) in [6.45, 7) is 6.56. The molecule has 240 valence electrons. The molecule has 0 amide bonds. The largest absolute Gasteiger partial charge is 0.355 e. The van der Waals surface area contributed by atoms with Gasteiger partial charge < -0.3 is 14.2 Å². The Kier molecular flexibility index (Phi) is 37.7. The Bertz CT molecular complexity index is 528. The van der Waals surface area contributed by atoms with E-state index in [1.807, 2.05) is 0 Å². The highest BCUT2D eigenvalue weighted by Gasteiger charge is 1.93. The highest BCUT2D eigenvalue weighted by atomic mass is 16.7. The molecule has 0 unspecified atom stereocenters. The molecule has 0 saturated carbocycles. The van der Waals surface area contributed by atoms with E-state index in [9.17, 15) is 0 Å². The fraction of sp³-hybridized carbons (Fsp3) is 0.789. The van der Waals surface area contributed by atoms with Gasteiger partial charge in [0.2, 0.25) is 0 Å². The smallest absolute Gasteiger partial charge is 0.149 e. The molecular weight excluding hydrogens is 504 g/mol. The van der Waals surface area contributed by atoms with Gasteiger partial charge in [-0.15, -0.1) is 0 Å². The van der Waals surface area contributed by atoms with Crippen molar-refractivity contribution in [3.8, 4) is 0 Å². The van der Waals surface area contributed by atoms with E-state index in [4.69, 9.17) is 14.2 Å². The van der Waals surface area contributed by atoms with Gasteiger partial charge in [0.05, 0.1) is 13.2 Å². The Morgan fingerprint density at radius 3 is 0.878 bits per heavy atom. The van der Waals surface area contributed by atoms with Crippen molar-refractivity contribution >= 4 is 0 Å². The molecule has 0 aliphatic heterocycles. The molecule has 0 aliphatic rings. The summed E-state index contributed by atoms with van der Waals surface area (Å²) in [6.07, 6.45) is 49.5. The Labute approximate surface area is 257 Å². The van der Waals surface area contributed by atoms with Gasteiger partial charge in [0.1, 0.15) is 13.6 Å². The Hall–Kier alpha value is -1.16. The molecule has 0 aromatic heterocycles. The number of hydrogen-bond acceptors (Lipinski definition) is 3. The second kappa shape index (κ2) is 38.8. The SMILES string of the molecule is CCCC/C=C/CCCCCCCC/C=C\CCOCOCOCC/C=C\CCCCCCCC/C=C/CCCC. The second-order valence-electron chi connectivity index (χ2n) is 11.4. The molecule has 0 heterocycles. The number of allylic oxidation sites excluding steroid dienone is 6. The molecule has 0 bridgehead atoms. The minimum atomic E-state index is 0.313. The molecule has 0 radical (unpaired) electrons. The maximum Gasteiger partial charge on any atom is 0.149 e. The lowest BCUT2D eigenvalue weighted by Gasteiger charge is -2.05. The van der Waals surface area contributed by atoms with E-state index in [1.165, 1.54) is 141 Å². The third kappa shape index (κ3) is 38.8. The number of ether oxygens (including phenoxy) is 3. The zero-order valence-electron chi connectivity index (χ0n) is 27.6. The molecule has 0 aliphatic carbocycles. The van der Waals surface area contributed by atoms with Gasteiger partial charge in [-0.25, -0.2) is 0 Å². The second-order valence-corrected chi connectivity index (χ2v) is 11.4. The van der Waals surface area contributed by atoms with Gasteiger partial charge in [-0.2, -0.15) is 0 Å². The van der Waals surface area contributed by atoms with Crippen LogP contribution in [0.1, 0.15) is 168 Å². The zero-order chi connectivity index (χ0) is 29.6. The Morgan fingerprint density at radius 1 is 0.293 bits per heavy atom. The summed E-state index contributed by atoms with van der Waals surface area (Å²) in [7, 11) is 0. The lowest BCUT2D eigenvalue weighted by atomic mass is 10.1. The van der Waals surface area contributed by atoms with Gasteiger partial charge in [-0.3, -0.25) is 0 Å². The van der Waals surface area contributed by atoms with Crippen LogP contribution in [0.4, 0.5) is 0 Å².